The number of aliphatic imine (C=N–C) groups is 1. The van der Waals surface area contributed by atoms with Crippen LogP contribution in [0.5, 0.6) is 0 Å². The molecule has 4 heterocycles. The van der Waals surface area contributed by atoms with E-state index in [-0.39, 0.29) is 41.0 Å². The molecule has 11 nitrogen and oxygen atoms in total. The summed E-state index contributed by atoms with van der Waals surface area (Å²) in [6, 6.07) is 6.44. The van der Waals surface area contributed by atoms with Crippen LogP contribution in [0.1, 0.15) is 60.9 Å². The molecule has 1 aromatic carbocycles. The minimum absolute atomic E-state index is 0.0345. The van der Waals surface area contributed by atoms with E-state index in [1.807, 2.05) is 17.8 Å². The number of carbonyl (C=O) groups is 1. The Hall–Kier alpha value is -2.67. The van der Waals surface area contributed by atoms with E-state index < -0.39 is 10.0 Å². The lowest BCUT2D eigenvalue weighted by atomic mass is 9.97. The lowest BCUT2D eigenvalue weighted by Crippen LogP contribution is -2.45. The topological polar surface area (TPSA) is 138 Å². The highest BCUT2D eigenvalue weighted by atomic mass is 35.5. The number of benzene rings is 1. The van der Waals surface area contributed by atoms with Crippen LogP contribution >= 0.6 is 11.6 Å². The molecule has 3 aliphatic rings. The maximum absolute atomic E-state index is 13.9. The van der Waals surface area contributed by atoms with Crippen molar-refractivity contribution < 1.29 is 13.2 Å². The third-order valence-electron chi connectivity index (χ3n) is 7.51. The summed E-state index contributed by atoms with van der Waals surface area (Å²) in [6.45, 7) is 4.09. The Kier molecular flexibility index (Phi) is 7.67. The van der Waals surface area contributed by atoms with Crippen LogP contribution in [0.4, 0.5) is 11.5 Å². The molecule has 1 saturated heterocycles. The van der Waals surface area contributed by atoms with Crippen molar-refractivity contribution in [1.29, 1.82) is 0 Å². The third-order valence-corrected chi connectivity index (χ3v) is 9.10. The SMILES string of the molecule is CC1C(=NCCN)Nc2cc3nn2C1N(C)CCCS(=O)(=O)Nc1ccc(Cl)cc1C(=O)N1CCCCC31. The molecule has 13 heteroatoms. The van der Waals surface area contributed by atoms with Crippen LogP contribution < -0.4 is 15.8 Å². The number of halogens is 1. The zero-order valence-corrected chi connectivity index (χ0v) is 23.3. The van der Waals surface area contributed by atoms with Crippen molar-refractivity contribution in [1.82, 2.24) is 19.6 Å². The van der Waals surface area contributed by atoms with E-state index in [4.69, 9.17) is 22.4 Å². The number of fused-ring (bicyclic) bond motifs is 4. The summed E-state index contributed by atoms with van der Waals surface area (Å²) >= 11 is 6.27. The lowest BCUT2D eigenvalue weighted by molar-refractivity contribution is 0.0603. The fraction of sp³-hybridized carbons (Fsp3) is 0.560. The largest absolute Gasteiger partial charge is 0.330 e. The van der Waals surface area contributed by atoms with Crippen molar-refractivity contribution in [2.24, 2.45) is 16.6 Å². The van der Waals surface area contributed by atoms with E-state index in [0.29, 0.717) is 37.6 Å². The molecule has 3 unspecified atom stereocenters. The van der Waals surface area contributed by atoms with Crippen molar-refractivity contribution in [2.45, 2.75) is 44.8 Å². The van der Waals surface area contributed by atoms with Gasteiger partial charge in [0.05, 0.1) is 35.3 Å². The average Bonchev–Trinajstić information content (AvgIpc) is 3.30. The molecule has 1 fully saturated rings. The smallest absolute Gasteiger partial charge is 0.256 e. The molecular formula is C25H35ClN8O3S. The van der Waals surface area contributed by atoms with Gasteiger partial charge in [-0.1, -0.05) is 18.5 Å². The first-order valence-corrected chi connectivity index (χ1v) is 15.1. The van der Waals surface area contributed by atoms with Crippen molar-refractivity contribution in [3.05, 3.63) is 40.5 Å². The van der Waals surface area contributed by atoms with Gasteiger partial charge < -0.3 is 16.0 Å². The maximum Gasteiger partial charge on any atom is 0.256 e. The predicted molar refractivity (Wildman–Crippen MR) is 149 cm³/mol. The molecule has 206 valence electrons. The molecule has 2 aromatic rings. The number of nitrogens with zero attached hydrogens (tertiary/aromatic N) is 5. The van der Waals surface area contributed by atoms with Gasteiger partial charge >= 0.3 is 0 Å². The zero-order chi connectivity index (χ0) is 27.0. The van der Waals surface area contributed by atoms with Gasteiger partial charge in [-0.2, -0.15) is 5.10 Å². The van der Waals surface area contributed by atoms with Crippen molar-refractivity contribution in [3.8, 4) is 0 Å². The van der Waals surface area contributed by atoms with Gasteiger partial charge in [-0.15, -0.1) is 0 Å². The first kappa shape index (κ1) is 26.9. The van der Waals surface area contributed by atoms with Gasteiger partial charge in [-0.3, -0.25) is 19.4 Å². The monoisotopic (exact) mass is 562 g/mol. The Morgan fingerprint density at radius 3 is 2.82 bits per heavy atom. The molecule has 5 rings (SSSR count). The normalized spacial score (nSPS) is 26.9. The summed E-state index contributed by atoms with van der Waals surface area (Å²) in [5.41, 5.74) is 7.00. The second-order valence-electron chi connectivity index (χ2n) is 10.2. The van der Waals surface area contributed by atoms with E-state index in [0.717, 1.165) is 36.6 Å². The van der Waals surface area contributed by atoms with Crippen molar-refractivity contribution in [3.63, 3.8) is 0 Å². The van der Waals surface area contributed by atoms with Gasteiger partial charge in [0.1, 0.15) is 17.8 Å². The van der Waals surface area contributed by atoms with Gasteiger partial charge in [0.2, 0.25) is 10.0 Å². The minimum Gasteiger partial charge on any atom is -0.330 e. The third kappa shape index (κ3) is 5.27. The van der Waals surface area contributed by atoms with E-state index >= 15 is 0 Å². The van der Waals surface area contributed by atoms with Gasteiger partial charge in [0, 0.05) is 36.6 Å². The Balaban J connectivity index is 1.63. The number of amidine groups is 1. The van der Waals surface area contributed by atoms with Gasteiger partial charge in [-0.05, 0) is 50.9 Å². The predicted octanol–water partition coefficient (Wildman–Crippen LogP) is 2.90. The Labute approximate surface area is 228 Å². The first-order chi connectivity index (χ1) is 18.2. The number of hydrogen-bond donors (Lipinski definition) is 3. The summed E-state index contributed by atoms with van der Waals surface area (Å²) in [6.07, 6.45) is 2.79. The van der Waals surface area contributed by atoms with Crippen LogP contribution in [0.15, 0.2) is 29.3 Å². The van der Waals surface area contributed by atoms with Crippen LogP contribution in [0.25, 0.3) is 0 Å². The molecule has 3 aliphatic heterocycles. The molecule has 0 aliphatic carbocycles. The Morgan fingerprint density at radius 2 is 2.03 bits per heavy atom. The first-order valence-electron chi connectivity index (χ1n) is 13.1. The molecule has 4 N–H and O–H groups in total. The molecular weight excluding hydrogens is 528 g/mol. The summed E-state index contributed by atoms with van der Waals surface area (Å²) in [7, 11) is -1.73. The second kappa shape index (κ2) is 10.8. The minimum atomic E-state index is -3.70. The Morgan fingerprint density at radius 1 is 1.21 bits per heavy atom. The summed E-state index contributed by atoms with van der Waals surface area (Å²) in [5, 5.41) is 8.85. The number of amides is 1. The van der Waals surface area contributed by atoms with E-state index in [2.05, 4.69) is 26.9 Å². The highest BCUT2D eigenvalue weighted by Crippen LogP contribution is 2.38. The molecule has 1 aromatic heterocycles. The van der Waals surface area contributed by atoms with Crippen LogP contribution in [0.2, 0.25) is 5.02 Å². The fourth-order valence-corrected chi connectivity index (χ4v) is 6.98. The molecule has 3 atom stereocenters. The summed E-state index contributed by atoms with van der Waals surface area (Å²) < 4.78 is 30.7. The molecule has 2 bridgehead atoms. The molecule has 0 radical (unpaired) electrons. The standard InChI is InChI=1S/C25H35ClN8O3S/c1-16-23(28-10-9-27)29-22-15-20-21-6-3-4-12-33(21)25(35)18-14-17(26)7-8-19(18)31-38(36,37)13-5-11-32(2)24(16)34(22)30-20/h7-8,14-16,21,24,31H,3-6,9-13,27H2,1-2H3,(H,28,29). The Bertz CT molecular complexity index is 1340. The number of rotatable bonds is 2. The highest BCUT2D eigenvalue weighted by molar-refractivity contribution is 7.92. The number of nitrogens with one attached hydrogen (secondary N) is 2. The van der Waals surface area contributed by atoms with E-state index in [1.165, 1.54) is 6.07 Å². The number of carbonyl (C=O) groups excluding carboxylic acids is 1. The summed E-state index contributed by atoms with van der Waals surface area (Å²) in [5.74, 6) is 1.23. The van der Waals surface area contributed by atoms with E-state index in [1.54, 1.807) is 17.0 Å². The molecule has 38 heavy (non-hydrogen) atoms. The van der Waals surface area contributed by atoms with Crippen LogP contribution in [0.3, 0.4) is 0 Å². The van der Waals surface area contributed by atoms with Crippen molar-refractivity contribution in [2.75, 3.05) is 49.0 Å². The van der Waals surface area contributed by atoms with Gasteiger partial charge in [0.15, 0.2) is 0 Å². The number of hydrogen-bond acceptors (Lipinski definition) is 7. The number of nitrogens with two attached hydrogens (primary N) is 1. The molecule has 0 saturated carbocycles. The van der Waals surface area contributed by atoms with Gasteiger partial charge in [-0.25, -0.2) is 13.1 Å². The molecule has 0 spiro atoms. The maximum atomic E-state index is 13.9. The van der Waals surface area contributed by atoms with Crippen LogP contribution in [-0.2, 0) is 10.0 Å². The quantitative estimate of drug-likeness (QED) is 0.511. The molecule has 1 amide bonds. The number of sulfonamides is 1. The van der Waals surface area contributed by atoms with Crippen molar-refractivity contribution >= 4 is 44.9 Å². The van der Waals surface area contributed by atoms with E-state index in [9.17, 15) is 13.2 Å². The number of anilines is 2. The van der Waals surface area contributed by atoms with Gasteiger partial charge in [0.25, 0.3) is 5.91 Å². The lowest BCUT2D eigenvalue weighted by Gasteiger charge is -2.38. The average molecular weight is 563 g/mol. The van der Waals surface area contributed by atoms with Crippen LogP contribution in [0, 0.1) is 5.92 Å². The zero-order valence-electron chi connectivity index (χ0n) is 21.7. The number of piperidine rings is 1. The van der Waals surface area contributed by atoms with Crippen LogP contribution in [-0.4, -0.2) is 78.7 Å². The second-order valence-corrected chi connectivity index (χ2v) is 12.5. The summed E-state index contributed by atoms with van der Waals surface area (Å²) in [4.78, 5) is 22.5. The highest BCUT2D eigenvalue weighted by Gasteiger charge is 2.38. The fourth-order valence-electron chi connectivity index (χ4n) is 5.68. The number of aromatic nitrogens is 2.